The molecule has 0 unspecified atom stereocenters. The average Bonchev–Trinajstić information content (AvgIpc) is 2.43. The van der Waals surface area contributed by atoms with Gasteiger partial charge in [-0.05, 0) is 25.3 Å². The maximum absolute atomic E-state index is 11.3. The molecule has 0 aromatic heterocycles. The molecule has 1 aliphatic heterocycles. The molecule has 1 aromatic rings. The van der Waals surface area contributed by atoms with Crippen molar-refractivity contribution in [2.45, 2.75) is 38.4 Å². The summed E-state index contributed by atoms with van der Waals surface area (Å²) in [5.74, 6) is -0.0475. The summed E-state index contributed by atoms with van der Waals surface area (Å²) >= 11 is 0. The number of carbonyl (C=O) groups is 1. The van der Waals surface area contributed by atoms with Crippen molar-refractivity contribution >= 4 is 5.91 Å². The number of amides is 1. The van der Waals surface area contributed by atoms with Crippen molar-refractivity contribution in [1.82, 2.24) is 10.2 Å². The van der Waals surface area contributed by atoms with Gasteiger partial charge < -0.3 is 11.1 Å². The maximum atomic E-state index is 11.3. The molecule has 1 fully saturated rings. The normalized spacial score (nSPS) is 24.1. The molecule has 104 valence electrons. The van der Waals surface area contributed by atoms with Crippen LogP contribution in [0.4, 0.5) is 0 Å². The molecule has 0 radical (unpaired) electrons. The Morgan fingerprint density at radius 2 is 2.16 bits per heavy atom. The third kappa shape index (κ3) is 4.04. The number of hydrogen-bond donors (Lipinski definition) is 2. The van der Waals surface area contributed by atoms with E-state index < -0.39 is 0 Å². The van der Waals surface area contributed by atoms with E-state index in [2.05, 4.69) is 41.4 Å². The SMILES string of the molecule is C[C@H]1C[C@@H](NC(=O)CN)CCN1Cc1ccccc1. The molecular formula is C15H23N3O. The van der Waals surface area contributed by atoms with E-state index in [-0.39, 0.29) is 18.5 Å². The fraction of sp³-hybridized carbons (Fsp3) is 0.533. The lowest BCUT2D eigenvalue weighted by Gasteiger charge is -2.38. The van der Waals surface area contributed by atoms with E-state index in [1.807, 2.05) is 6.07 Å². The molecule has 4 heteroatoms. The van der Waals surface area contributed by atoms with Gasteiger partial charge >= 0.3 is 0 Å². The first kappa shape index (κ1) is 14.0. The smallest absolute Gasteiger partial charge is 0.233 e. The van der Waals surface area contributed by atoms with Crippen molar-refractivity contribution in [3.05, 3.63) is 35.9 Å². The topological polar surface area (TPSA) is 58.4 Å². The van der Waals surface area contributed by atoms with Gasteiger partial charge in [0, 0.05) is 25.2 Å². The predicted molar refractivity (Wildman–Crippen MR) is 76.5 cm³/mol. The Balaban J connectivity index is 1.85. The standard InChI is InChI=1S/C15H23N3O/c1-12-9-14(17-15(19)10-16)7-8-18(12)11-13-5-3-2-4-6-13/h2-6,12,14H,7-11,16H2,1H3,(H,17,19)/t12-,14-/m0/s1. The second-order valence-electron chi connectivity index (χ2n) is 5.30. The van der Waals surface area contributed by atoms with Crippen LogP contribution in [-0.4, -0.2) is 36.0 Å². The zero-order valence-corrected chi connectivity index (χ0v) is 11.5. The van der Waals surface area contributed by atoms with Crippen LogP contribution in [0.3, 0.4) is 0 Å². The van der Waals surface area contributed by atoms with Gasteiger partial charge in [0.15, 0.2) is 0 Å². The summed E-state index contributed by atoms with van der Waals surface area (Å²) in [5.41, 5.74) is 6.68. The molecule has 1 amide bonds. The van der Waals surface area contributed by atoms with Crippen molar-refractivity contribution in [1.29, 1.82) is 0 Å². The second-order valence-corrected chi connectivity index (χ2v) is 5.30. The van der Waals surface area contributed by atoms with Crippen LogP contribution in [0.15, 0.2) is 30.3 Å². The predicted octanol–water partition coefficient (Wildman–Crippen LogP) is 1.11. The summed E-state index contributed by atoms with van der Waals surface area (Å²) < 4.78 is 0. The van der Waals surface area contributed by atoms with Crippen LogP contribution in [0.25, 0.3) is 0 Å². The molecule has 2 rings (SSSR count). The lowest BCUT2D eigenvalue weighted by Crippen LogP contribution is -2.49. The highest BCUT2D eigenvalue weighted by atomic mass is 16.1. The first-order valence-corrected chi connectivity index (χ1v) is 6.96. The molecule has 2 atom stereocenters. The zero-order valence-electron chi connectivity index (χ0n) is 11.5. The average molecular weight is 261 g/mol. The van der Waals surface area contributed by atoms with Gasteiger partial charge in [-0.1, -0.05) is 30.3 Å². The molecular weight excluding hydrogens is 238 g/mol. The van der Waals surface area contributed by atoms with Crippen molar-refractivity contribution < 1.29 is 4.79 Å². The number of benzene rings is 1. The Labute approximate surface area is 115 Å². The van der Waals surface area contributed by atoms with Gasteiger partial charge in [-0.3, -0.25) is 9.69 Å². The van der Waals surface area contributed by atoms with E-state index in [1.165, 1.54) is 5.56 Å². The number of nitrogens with zero attached hydrogens (tertiary/aromatic N) is 1. The molecule has 4 nitrogen and oxygen atoms in total. The number of carbonyl (C=O) groups excluding carboxylic acids is 1. The Kier molecular flexibility index (Phi) is 4.93. The van der Waals surface area contributed by atoms with Gasteiger partial charge in [-0.25, -0.2) is 0 Å². The molecule has 1 heterocycles. The fourth-order valence-electron chi connectivity index (χ4n) is 2.69. The van der Waals surface area contributed by atoms with Gasteiger partial charge in [-0.2, -0.15) is 0 Å². The Morgan fingerprint density at radius 3 is 2.79 bits per heavy atom. The highest BCUT2D eigenvalue weighted by molar-refractivity contribution is 5.78. The molecule has 0 aliphatic carbocycles. The van der Waals surface area contributed by atoms with Crippen molar-refractivity contribution in [2.24, 2.45) is 5.73 Å². The van der Waals surface area contributed by atoms with Crippen LogP contribution in [0.5, 0.6) is 0 Å². The third-order valence-electron chi connectivity index (χ3n) is 3.79. The molecule has 1 aromatic carbocycles. The fourth-order valence-corrected chi connectivity index (χ4v) is 2.69. The van der Waals surface area contributed by atoms with Crippen LogP contribution in [-0.2, 0) is 11.3 Å². The van der Waals surface area contributed by atoms with E-state index in [1.54, 1.807) is 0 Å². The largest absolute Gasteiger partial charge is 0.352 e. The summed E-state index contributed by atoms with van der Waals surface area (Å²) in [5, 5.41) is 2.99. The Hall–Kier alpha value is -1.39. The van der Waals surface area contributed by atoms with Gasteiger partial charge in [0.05, 0.1) is 6.54 Å². The third-order valence-corrected chi connectivity index (χ3v) is 3.79. The van der Waals surface area contributed by atoms with Crippen LogP contribution in [0.1, 0.15) is 25.3 Å². The number of rotatable bonds is 4. The van der Waals surface area contributed by atoms with E-state index in [9.17, 15) is 4.79 Å². The van der Waals surface area contributed by atoms with Gasteiger partial charge in [0.25, 0.3) is 0 Å². The summed E-state index contributed by atoms with van der Waals surface area (Å²) in [6.45, 7) is 4.31. The lowest BCUT2D eigenvalue weighted by molar-refractivity contribution is -0.120. The van der Waals surface area contributed by atoms with Crippen LogP contribution in [0, 0.1) is 0 Å². The van der Waals surface area contributed by atoms with Gasteiger partial charge in [-0.15, -0.1) is 0 Å². The summed E-state index contributed by atoms with van der Waals surface area (Å²) in [7, 11) is 0. The molecule has 19 heavy (non-hydrogen) atoms. The number of hydrogen-bond acceptors (Lipinski definition) is 3. The van der Waals surface area contributed by atoms with E-state index in [4.69, 9.17) is 5.73 Å². The zero-order chi connectivity index (χ0) is 13.7. The number of piperidine rings is 1. The minimum Gasteiger partial charge on any atom is -0.352 e. The van der Waals surface area contributed by atoms with Crippen molar-refractivity contribution in [3.63, 3.8) is 0 Å². The van der Waals surface area contributed by atoms with Gasteiger partial charge in [0.1, 0.15) is 0 Å². The number of likely N-dealkylation sites (tertiary alicyclic amines) is 1. The Morgan fingerprint density at radius 1 is 1.42 bits per heavy atom. The van der Waals surface area contributed by atoms with E-state index >= 15 is 0 Å². The van der Waals surface area contributed by atoms with E-state index in [0.717, 1.165) is 25.9 Å². The highest BCUT2D eigenvalue weighted by Gasteiger charge is 2.25. The molecule has 0 saturated carbocycles. The van der Waals surface area contributed by atoms with Crippen LogP contribution in [0.2, 0.25) is 0 Å². The number of nitrogens with one attached hydrogen (secondary N) is 1. The molecule has 3 N–H and O–H groups in total. The Bertz CT molecular complexity index is 407. The first-order valence-electron chi connectivity index (χ1n) is 6.96. The quantitative estimate of drug-likeness (QED) is 0.854. The van der Waals surface area contributed by atoms with Gasteiger partial charge in [0.2, 0.25) is 5.91 Å². The molecule has 0 spiro atoms. The summed E-state index contributed by atoms with van der Waals surface area (Å²) in [6.07, 6.45) is 2.00. The summed E-state index contributed by atoms with van der Waals surface area (Å²) in [6, 6.07) is 11.3. The lowest BCUT2D eigenvalue weighted by atomic mass is 9.97. The summed E-state index contributed by atoms with van der Waals surface area (Å²) in [4.78, 5) is 13.8. The second kappa shape index (κ2) is 6.68. The molecule has 1 saturated heterocycles. The minimum atomic E-state index is -0.0475. The van der Waals surface area contributed by atoms with Crippen molar-refractivity contribution in [3.8, 4) is 0 Å². The van der Waals surface area contributed by atoms with E-state index in [0.29, 0.717) is 6.04 Å². The highest BCUT2D eigenvalue weighted by Crippen LogP contribution is 2.19. The maximum Gasteiger partial charge on any atom is 0.233 e. The van der Waals surface area contributed by atoms with Crippen molar-refractivity contribution in [2.75, 3.05) is 13.1 Å². The molecule has 0 bridgehead atoms. The minimum absolute atomic E-state index is 0.0475. The monoisotopic (exact) mass is 261 g/mol. The molecule has 1 aliphatic rings. The number of nitrogens with two attached hydrogens (primary N) is 1. The van der Waals surface area contributed by atoms with Crippen LogP contribution < -0.4 is 11.1 Å². The first-order chi connectivity index (χ1) is 9.19. The van der Waals surface area contributed by atoms with Crippen LogP contribution >= 0.6 is 0 Å².